The first kappa shape index (κ1) is 8.57. The molecule has 0 aliphatic rings. The maximum Gasteiger partial charge on any atom is 0.136 e. The van der Waals surface area contributed by atoms with Gasteiger partial charge in [-0.25, -0.2) is 0 Å². The maximum absolute atomic E-state index is 5.31. The van der Waals surface area contributed by atoms with Crippen LogP contribution >= 0.6 is 11.3 Å². The van der Waals surface area contributed by atoms with Crippen LogP contribution in [0, 0.1) is 13.8 Å². The Morgan fingerprint density at radius 2 is 2.00 bits per heavy atom. The van der Waals surface area contributed by atoms with Gasteiger partial charge >= 0.3 is 0 Å². The number of rotatable bonds is 1. The first-order chi connectivity index (χ1) is 6.22. The van der Waals surface area contributed by atoms with E-state index < -0.39 is 0 Å². The predicted molar refractivity (Wildman–Crippen MR) is 57.9 cm³/mol. The Hall–Kier alpha value is -1.02. The molecular formula is C11H12OS. The summed E-state index contributed by atoms with van der Waals surface area (Å²) < 4.78 is 6.57. The van der Waals surface area contributed by atoms with Crippen molar-refractivity contribution >= 4 is 21.4 Å². The Bertz CT molecular complexity index is 443. The van der Waals surface area contributed by atoms with Crippen LogP contribution in [0.25, 0.3) is 10.1 Å². The van der Waals surface area contributed by atoms with E-state index in [9.17, 15) is 0 Å². The molecule has 0 bridgehead atoms. The third-order valence-electron chi connectivity index (χ3n) is 2.21. The average molecular weight is 192 g/mol. The number of hydrogen-bond donors (Lipinski definition) is 0. The molecule has 0 N–H and O–H groups in total. The van der Waals surface area contributed by atoms with Crippen LogP contribution in [0.3, 0.4) is 0 Å². The minimum absolute atomic E-state index is 0.985. The van der Waals surface area contributed by atoms with Crippen LogP contribution in [-0.2, 0) is 0 Å². The van der Waals surface area contributed by atoms with Gasteiger partial charge in [0.15, 0.2) is 0 Å². The van der Waals surface area contributed by atoms with E-state index >= 15 is 0 Å². The first-order valence-corrected chi connectivity index (χ1v) is 5.08. The van der Waals surface area contributed by atoms with E-state index in [0.717, 1.165) is 5.75 Å². The first-order valence-electron chi connectivity index (χ1n) is 4.26. The van der Waals surface area contributed by atoms with Gasteiger partial charge in [0.05, 0.1) is 11.8 Å². The second kappa shape index (κ2) is 3.04. The van der Waals surface area contributed by atoms with Crippen LogP contribution in [0.15, 0.2) is 18.2 Å². The molecule has 0 amide bonds. The summed E-state index contributed by atoms with van der Waals surface area (Å²) in [4.78, 5) is 1.34. The molecule has 13 heavy (non-hydrogen) atoms. The zero-order valence-electron chi connectivity index (χ0n) is 8.05. The van der Waals surface area contributed by atoms with Crippen molar-refractivity contribution in [3.63, 3.8) is 0 Å². The third-order valence-corrected chi connectivity index (χ3v) is 3.27. The number of ether oxygens (including phenoxy) is 1. The smallest absolute Gasteiger partial charge is 0.136 e. The van der Waals surface area contributed by atoms with E-state index in [2.05, 4.69) is 26.0 Å². The summed E-state index contributed by atoms with van der Waals surface area (Å²) in [6.45, 7) is 4.26. The molecule has 0 aliphatic carbocycles. The van der Waals surface area contributed by atoms with Crippen LogP contribution in [-0.4, -0.2) is 7.11 Å². The fourth-order valence-corrected chi connectivity index (χ4v) is 2.60. The van der Waals surface area contributed by atoms with Gasteiger partial charge in [-0.2, -0.15) is 0 Å². The highest BCUT2D eigenvalue weighted by Gasteiger charge is 2.06. The number of thiophene rings is 1. The van der Waals surface area contributed by atoms with E-state index in [1.807, 2.05) is 6.07 Å². The van der Waals surface area contributed by atoms with Crippen molar-refractivity contribution in [3.8, 4) is 5.75 Å². The van der Waals surface area contributed by atoms with E-state index in [0.29, 0.717) is 0 Å². The lowest BCUT2D eigenvalue weighted by atomic mass is 10.1. The van der Waals surface area contributed by atoms with Gasteiger partial charge in [0.25, 0.3) is 0 Å². The minimum Gasteiger partial charge on any atom is -0.495 e. The molecule has 1 nitrogen and oxygen atoms in total. The summed E-state index contributed by atoms with van der Waals surface area (Å²) in [5, 5.41) is 1.32. The number of aryl methyl sites for hydroxylation is 2. The molecule has 2 heteroatoms. The van der Waals surface area contributed by atoms with Crippen molar-refractivity contribution in [1.82, 2.24) is 0 Å². The molecule has 0 saturated carbocycles. The average Bonchev–Trinajstić information content (AvgIpc) is 2.48. The molecule has 1 aromatic heterocycles. The fourth-order valence-electron chi connectivity index (χ4n) is 1.52. The quantitative estimate of drug-likeness (QED) is 0.671. The summed E-state index contributed by atoms with van der Waals surface area (Å²) in [6, 6.07) is 6.36. The molecule has 68 valence electrons. The molecular weight excluding hydrogens is 180 g/mol. The molecule has 0 fully saturated rings. The Morgan fingerprint density at radius 1 is 1.23 bits per heavy atom. The monoisotopic (exact) mass is 192 g/mol. The summed E-state index contributed by atoms with van der Waals surface area (Å²) in [5.74, 6) is 0.985. The Morgan fingerprint density at radius 3 is 2.69 bits per heavy atom. The summed E-state index contributed by atoms with van der Waals surface area (Å²) in [5.41, 5.74) is 1.32. The van der Waals surface area contributed by atoms with Gasteiger partial charge in [-0.3, -0.25) is 0 Å². The van der Waals surface area contributed by atoms with Crippen LogP contribution in [0.5, 0.6) is 5.75 Å². The highest BCUT2D eigenvalue weighted by Crippen LogP contribution is 2.34. The Kier molecular flexibility index (Phi) is 2.00. The number of benzene rings is 1. The standard InChI is InChI=1S/C11H12OS/c1-7-4-5-10(12-3)11-9(7)6-8(2)13-11/h4-6H,1-3H3. The number of hydrogen-bond acceptors (Lipinski definition) is 2. The maximum atomic E-state index is 5.31. The van der Waals surface area contributed by atoms with Crippen molar-refractivity contribution in [2.45, 2.75) is 13.8 Å². The Balaban J connectivity index is 2.83. The molecule has 0 radical (unpaired) electrons. The van der Waals surface area contributed by atoms with Crippen LogP contribution < -0.4 is 4.74 Å². The fraction of sp³-hybridized carbons (Fsp3) is 0.273. The summed E-state index contributed by atoms with van der Waals surface area (Å²) in [6.07, 6.45) is 0. The zero-order chi connectivity index (χ0) is 9.42. The second-order valence-electron chi connectivity index (χ2n) is 3.18. The summed E-state index contributed by atoms with van der Waals surface area (Å²) in [7, 11) is 1.72. The molecule has 0 spiro atoms. The van der Waals surface area contributed by atoms with Gasteiger partial charge in [0.1, 0.15) is 5.75 Å². The molecule has 1 heterocycles. The number of methoxy groups -OCH3 is 1. The lowest BCUT2D eigenvalue weighted by molar-refractivity contribution is 0.420. The van der Waals surface area contributed by atoms with Crippen molar-refractivity contribution < 1.29 is 4.74 Å². The van der Waals surface area contributed by atoms with Crippen LogP contribution in [0.4, 0.5) is 0 Å². The van der Waals surface area contributed by atoms with Crippen molar-refractivity contribution in [2.75, 3.05) is 7.11 Å². The van der Waals surface area contributed by atoms with Crippen LogP contribution in [0.2, 0.25) is 0 Å². The normalized spacial score (nSPS) is 10.7. The molecule has 0 atom stereocenters. The molecule has 2 rings (SSSR count). The van der Waals surface area contributed by atoms with Gasteiger partial charge in [-0.15, -0.1) is 11.3 Å². The van der Waals surface area contributed by atoms with Gasteiger partial charge < -0.3 is 4.74 Å². The molecule has 0 aliphatic heterocycles. The lowest BCUT2D eigenvalue weighted by Crippen LogP contribution is -1.82. The number of fused-ring (bicyclic) bond motifs is 1. The van der Waals surface area contributed by atoms with Gasteiger partial charge in [0.2, 0.25) is 0 Å². The highest BCUT2D eigenvalue weighted by atomic mass is 32.1. The SMILES string of the molecule is COc1ccc(C)c2cc(C)sc12. The molecule has 2 aromatic rings. The minimum atomic E-state index is 0.985. The predicted octanol–water partition coefficient (Wildman–Crippen LogP) is 3.53. The van der Waals surface area contributed by atoms with E-state index in [1.54, 1.807) is 18.4 Å². The van der Waals surface area contributed by atoms with Gasteiger partial charge in [-0.1, -0.05) is 6.07 Å². The van der Waals surface area contributed by atoms with E-state index in [-0.39, 0.29) is 0 Å². The Labute approximate surface area is 82.0 Å². The third kappa shape index (κ3) is 1.31. The van der Waals surface area contributed by atoms with Crippen LogP contribution in [0.1, 0.15) is 10.4 Å². The highest BCUT2D eigenvalue weighted by molar-refractivity contribution is 7.19. The molecule has 1 aromatic carbocycles. The summed E-state index contributed by atoms with van der Waals surface area (Å²) >= 11 is 1.79. The van der Waals surface area contributed by atoms with Gasteiger partial charge in [0, 0.05) is 4.88 Å². The topological polar surface area (TPSA) is 9.23 Å². The van der Waals surface area contributed by atoms with Crippen molar-refractivity contribution in [2.24, 2.45) is 0 Å². The van der Waals surface area contributed by atoms with E-state index in [4.69, 9.17) is 4.74 Å². The zero-order valence-corrected chi connectivity index (χ0v) is 8.87. The lowest BCUT2D eigenvalue weighted by Gasteiger charge is -2.02. The van der Waals surface area contributed by atoms with Gasteiger partial charge in [-0.05, 0) is 36.9 Å². The largest absolute Gasteiger partial charge is 0.495 e. The van der Waals surface area contributed by atoms with Crippen molar-refractivity contribution in [3.05, 3.63) is 28.6 Å². The second-order valence-corrected chi connectivity index (χ2v) is 4.44. The van der Waals surface area contributed by atoms with Crippen molar-refractivity contribution in [1.29, 1.82) is 0 Å². The molecule has 0 unspecified atom stereocenters. The van der Waals surface area contributed by atoms with E-state index in [1.165, 1.54) is 20.5 Å². The molecule has 0 saturated heterocycles.